The summed E-state index contributed by atoms with van der Waals surface area (Å²) < 4.78 is 8.92. The Morgan fingerprint density at radius 3 is 2.69 bits per heavy atom. The fourth-order valence-electron chi connectivity index (χ4n) is 1.50. The van der Waals surface area contributed by atoms with E-state index in [2.05, 4.69) is 63.6 Å². The number of halogens is 2. The van der Waals surface area contributed by atoms with Crippen LogP contribution in [0.1, 0.15) is 31.9 Å². The summed E-state index contributed by atoms with van der Waals surface area (Å²) in [5.74, 6) is 0.958. The predicted molar refractivity (Wildman–Crippen MR) is 81.7 cm³/mol. The molecule has 1 nitrogen and oxygen atoms in total. The minimum atomic E-state index is 0.203. The summed E-state index contributed by atoms with van der Waals surface area (Å²) in [6.07, 6.45) is 1.21. The Kier molecular flexibility index (Phi) is 5.83. The Morgan fingerprint density at radius 1 is 1.50 bits per heavy atom. The van der Waals surface area contributed by atoms with Crippen LogP contribution in [0.2, 0.25) is 0 Å². The summed E-state index contributed by atoms with van der Waals surface area (Å²) in [6.45, 7) is 6.25. The van der Waals surface area contributed by atoms with Crippen molar-refractivity contribution >= 4 is 44.3 Å². The second-order valence-corrected chi connectivity index (χ2v) is 5.33. The number of benzene rings is 1. The lowest BCUT2D eigenvalue weighted by atomic mass is 10.0. The number of hydrogen-bond donors (Lipinski definition) is 0. The van der Waals surface area contributed by atoms with E-state index in [1.807, 2.05) is 17.9 Å². The zero-order chi connectivity index (χ0) is 12.1. The molecule has 0 fully saturated rings. The molecule has 16 heavy (non-hydrogen) atoms. The first-order valence-electron chi connectivity index (χ1n) is 5.34. The zero-order valence-electron chi connectivity index (χ0n) is 9.76. The lowest BCUT2D eigenvalue weighted by Gasteiger charge is -2.16. The molecule has 1 aromatic rings. The molecule has 0 unspecified atom stereocenters. The van der Waals surface area contributed by atoms with Crippen LogP contribution in [0.15, 0.2) is 26.8 Å². The Balaban J connectivity index is 3.10. The first kappa shape index (κ1) is 14.0. The second kappa shape index (κ2) is 6.64. The summed E-state index contributed by atoms with van der Waals surface area (Å²) in [4.78, 5) is 0. The second-order valence-electron chi connectivity index (χ2n) is 3.79. The van der Waals surface area contributed by atoms with Gasteiger partial charge in [-0.3, -0.25) is 0 Å². The van der Waals surface area contributed by atoms with Gasteiger partial charge in [-0.25, -0.2) is 0 Å². The maximum Gasteiger partial charge on any atom is 0.133 e. The highest BCUT2D eigenvalue weighted by Crippen LogP contribution is 2.26. The van der Waals surface area contributed by atoms with Crippen LogP contribution in [0.4, 0.5) is 0 Å². The smallest absolute Gasteiger partial charge is 0.133 e. The number of hydrogen-bond acceptors (Lipinski definition) is 1. The maximum absolute atomic E-state index is 5.81. The highest BCUT2D eigenvalue weighted by Gasteiger charge is 2.09. The highest BCUT2D eigenvalue weighted by atomic mass is 127. The van der Waals surface area contributed by atoms with E-state index in [9.17, 15) is 0 Å². The highest BCUT2D eigenvalue weighted by molar-refractivity contribution is 14.1. The molecule has 0 aliphatic heterocycles. The minimum absolute atomic E-state index is 0.203. The molecule has 88 valence electrons. The summed E-state index contributed by atoms with van der Waals surface area (Å²) in [7, 11) is 0. The van der Waals surface area contributed by atoms with Gasteiger partial charge in [0, 0.05) is 14.1 Å². The van der Waals surface area contributed by atoms with Crippen LogP contribution in [0.3, 0.4) is 0 Å². The third-order valence-corrected chi connectivity index (χ3v) is 3.23. The van der Waals surface area contributed by atoms with Crippen molar-refractivity contribution in [1.82, 2.24) is 0 Å². The van der Waals surface area contributed by atoms with E-state index in [1.165, 1.54) is 11.1 Å². The average molecular weight is 395 g/mol. The van der Waals surface area contributed by atoms with Crippen LogP contribution in [0.25, 0.3) is 5.76 Å². The van der Waals surface area contributed by atoms with Gasteiger partial charge in [0.25, 0.3) is 0 Å². The first-order valence-corrected chi connectivity index (χ1v) is 7.38. The van der Waals surface area contributed by atoms with E-state index in [4.69, 9.17) is 4.74 Å². The van der Waals surface area contributed by atoms with Crippen molar-refractivity contribution in [2.45, 2.75) is 33.3 Å². The third kappa shape index (κ3) is 3.77. The number of aryl methyl sites for hydroxylation is 1. The van der Waals surface area contributed by atoms with Crippen molar-refractivity contribution in [3.8, 4) is 0 Å². The Morgan fingerprint density at radius 2 is 2.19 bits per heavy atom. The fourth-order valence-corrected chi connectivity index (χ4v) is 2.39. The van der Waals surface area contributed by atoms with Crippen LogP contribution in [-0.2, 0) is 11.2 Å². The van der Waals surface area contributed by atoms with Crippen molar-refractivity contribution < 1.29 is 4.74 Å². The van der Waals surface area contributed by atoms with Gasteiger partial charge in [0.2, 0.25) is 0 Å². The molecule has 0 amide bonds. The van der Waals surface area contributed by atoms with Crippen LogP contribution in [-0.4, -0.2) is 6.10 Å². The molecule has 0 saturated carbocycles. The molecule has 0 atom stereocenters. The van der Waals surface area contributed by atoms with Gasteiger partial charge in [-0.2, -0.15) is 0 Å². The van der Waals surface area contributed by atoms with E-state index >= 15 is 0 Å². The molecule has 1 aromatic carbocycles. The van der Waals surface area contributed by atoms with E-state index in [-0.39, 0.29) is 6.10 Å². The molecular weight excluding hydrogens is 379 g/mol. The van der Waals surface area contributed by atoms with Crippen LogP contribution in [0.5, 0.6) is 0 Å². The molecule has 0 bridgehead atoms. The van der Waals surface area contributed by atoms with E-state index < -0.39 is 0 Å². The molecule has 0 aromatic heterocycles. The predicted octanol–water partition coefficient (Wildman–Crippen LogP) is 5.17. The monoisotopic (exact) mass is 394 g/mol. The van der Waals surface area contributed by atoms with Crippen molar-refractivity contribution in [3.63, 3.8) is 0 Å². The lowest BCUT2D eigenvalue weighted by Crippen LogP contribution is -2.03. The standard InChI is InChI=1S/C13H16BrIO/c1-4-10-7-11(14)5-6-12(10)13(8-15)16-9(2)3/h5-9H,4H2,1-3H3. The lowest BCUT2D eigenvalue weighted by molar-refractivity contribution is 0.204. The van der Waals surface area contributed by atoms with Crippen LogP contribution >= 0.6 is 38.5 Å². The van der Waals surface area contributed by atoms with Gasteiger partial charge in [-0.05, 0) is 66.6 Å². The summed E-state index contributed by atoms with van der Waals surface area (Å²) in [6, 6.07) is 6.31. The van der Waals surface area contributed by atoms with E-state index in [0.29, 0.717) is 0 Å². The SMILES string of the molecule is CCc1cc(Br)ccc1C(=CI)OC(C)C. The number of ether oxygens (including phenoxy) is 1. The Labute approximate surface area is 120 Å². The van der Waals surface area contributed by atoms with Gasteiger partial charge in [0.05, 0.1) is 6.10 Å². The summed E-state index contributed by atoms with van der Waals surface area (Å²) in [5, 5.41) is 0. The third-order valence-electron chi connectivity index (χ3n) is 2.18. The molecule has 0 heterocycles. The summed E-state index contributed by atoms with van der Waals surface area (Å²) in [5.41, 5.74) is 2.49. The molecule has 0 aliphatic rings. The largest absolute Gasteiger partial charge is 0.490 e. The zero-order valence-corrected chi connectivity index (χ0v) is 13.5. The molecule has 0 saturated heterocycles. The maximum atomic E-state index is 5.81. The molecule has 0 aliphatic carbocycles. The van der Waals surface area contributed by atoms with Crippen molar-refractivity contribution in [1.29, 1.82) is 0 Å². The average Bonchev–Trinajstić information content (AvgIpc) is 2.25. The molecule has 0 radical (unpaired) electrons. The molecular formula is C13H16BrIO. The Hall–Kier alpha value is -0.0300. The molecule has 0 spiro atoms. The fraction of sp³-hybridized carbons (Fsp3) is 0.385. The minimum Gasteiger partial charge on any atom is -0.490 e. The van der Waals surface area contributed by atoms with Gasteiger partial charge in [0.15, 0.2) is 0 Å². The number of rotatable bonds is 4. The van der Waals surface area contributed by atoms with Crippen LogP contribution < -0.4 is 0 Å². The topological polar surface area (TPSA) is 9.23 Å². The molecule has 3 heteroatoms. The van der Waals surface area contributed by atoms with Crippen LogP contribution in [0, 0.1) is 0 Å². The quantitative estimate of drug-likeness (QED) is 0.505. The van der Waals surface area contributed by atoms with Gasteiger partial charge in [-0.1, -0.05) is 22.9 Å². The summed E-state index contributed by atoms with van der Waals surface area (Å²) >= 11 is 5.73. The molecule has 1 rings (SSSR count). The van der Waals surface area contributed by atoms with E-state index in [0.717, 1.165) is 16.7 Å². The normalized spacial score (nSPS) is 12.0. The van der Waals surface area contributed by atoms with Gasteiger partial charge in [-0.15, -0.1) is 0 Å². The van der Waals surface area contributed by atoms with Gasteiger partial charge < -0.3 is 4.74 Å². The van der Waals surface area contributed by atoms with Gasteiger partial charge >= 0.3 is 0 Å². The first-order chi connectivity index (χ1) is 7.58. The van der Waals surface area contributed by atoms with Crippen molar-refractivity contribution in [3.05, 3.63) is 37.9 Å². The van der Waals surface area contributed by atoms with Gasteiger partial charge in [0.1, 0.15) is 5.76 Å². The van der Waals surface area contributed by atoms with Crippen molar-refractivity contribution in [2.24, 2.45) is 0 Å². The molecule has 0 N–H and O–H groups in total. The van der Waals surface area contributed by atoms with Crippen molar-refractivity contribution in [2.75, 3.05) is 0 Å². The Bertz CT molecular complexity index is 386. The van der Waals surface area contributed by atoms with E-state index in [1.54, 1.807) is 0 Å².